The van der Waals surface area contributed by atoms with E-state index in [0.29, 0.717) is 0 Å². The smallest absolute Gasteiger partial charge is 0.137 e. The first kappa shape index (κ1) is 22.2. The van der Waals surface area contributed by atoms with Gasteiger partial charge in [-0.1, -0.05) is 38.3 Å². The van der Waals surface area contributed by atoms with E-state index in [9.17, 15) is 0 Å². The fourth-order valence-electron chi connectivity index (χ4n) is 2.23. The van der Waals surface area contributed by atoms with E-state index >= 15 is 0 Å². The van der Waals surface area contributed by atoms with Gasteiger partial charge in [-0.15, -0.1) is 0 Å². The number of alkyl halides is 1. The molecule has 144 valence electrons. The summed E-state index contributed by atoms with van der Waals surface area (Å²) in [5, 5.41) is 12.2. The van der Waals surface area contributed by atoms with Gasteiger partial charge in [0.2, 0.25) is 0 Å². The molecule has 0 radical (unpaired) electrons. The summed E-state index contributed by atoms with van der Waals surface area (Å²) in [5.41, 5.74) is 6.55. The van der Waals surface area contributed by atoms with E-state index in [0.717, 1.165) is 57.2 Å². The highest BCUT2D eigenvalue weighted by molar-refractivity contribution is 9.08. The fraction of sp³-hybridized carbons (Fsp3) is 0.526. The molecule has 0 N–H and O–H groups in total. The second kappa shape index (κ2) is 10.3. The summed E-state index contributed by atoms with van der Waals surface area (Å²) in [6.45, 7) is 15.7. The van der Waals surface area contributed by atoms with Crippen molar-refractivity contribution in [3.63, 3.8) is 0 Å². The molecule has 3 rings (SSSR count). The van der Waals surface area contributed by atoms with Crippen molar-refractivity contribution in [3.05, 3.63) is 51.1 Å². The zero-order valence-electron chi connectivity index (χ0n) is 16.9. The molecule has 3 aromatic rings. The number of nitrogens with zero attached hydrogens (tertiary/aromatic N) is 3. The molecule has 0 fully saturated rings. The fourth-order valence-corrected chi connectivity index (χ4v) is 3.03. The van der Waals surface area contributed by atoms with Crippen LogP contribution in [0.15, 0.2) is 13.6 Å². The molecule has 3 heterocycles. The lowest BCUT2D eigenvalue weighted by Crippen LogP contribution is -1.82. The molecule has 7 heteroatoms. The zero-order chi connectivity index (χ0) is 19.9. The highest BCUT2D eigenvalue weighted by atomic mass is 79.9. The molecule has 0 spiro atoms. The van der Waals surface area contributed by atoms with Gasteiger partial charge in [-0.2, -0.15) is 0 Å². The zero-order valence-corrected chi connectivity index (χ0v) is 18.4. The molecule has 0 amide bonds. The normalized spacial score (nSPS) is 10.0. The first-order valence-electron chi connectivity index (χ1n) is 8.51. The van der Waals surface area contributed by atoms with Gasteiger partial charge in [0.25, 0.3) is 0 Å². The molecule has 0 saturated carbocycles. The van der Waals surface area contributed by atoms with E-state index in [1.165, 1.54) is 5.56 Å². The highest BCUT2D eigenvalue weighted by Crippen LogP contribution is 2.14. The molecule has 0 bridgehead atoms. The number of aromatic nitrogens is 3. The van der Waals surface area contributed by atoms with Gasteiger partial charge in [-0.3, -0.25) is 0 Å². The van der Waals surface area contributed by atoms with E-state index < -0.39 is 0 Å². The van der Waals surface area contributed by atoms with Gasteiger partial charge in [-0.05, 0) is 54.9 Å². The van der Waals surface area contributed by atoms with Crippen LogP contribution in [0, 0.1) is 48.5 Å². The predicted octanol–water partition coefficient (Wildman–Crippen LogP) is 5.64. The van der Waals surface area contributed by atoms with Crippen molar-refractivity contribution >= 4 is 15.9 Å². The number of rotatable bonds is 2. The Labute approximate surface area is 163 Å². The van der Waals surface area contributed by atoms with Crippen molar-refractivity contribution in [3.8, 4) is 0 Å². The Morgan fingerprint density at radius 2 is 1.08 bits per heavy atom. The van der Waals surface area contributed by atoms with E-state index in [4.69, 9.17) is 13.6 Å². The lowest BCUT2D eigenvalue weighted by atomic mass is 10.1. The molecule has 0 atom stereocenters. The van der Waals surface area contributed by atoms with Crippen LogP contribution in [0.25, 0.3) is 0 Å². The number of halogens is 1. The SMILES string of the molecule is CCc1c(C)noc1C.Cc1noc(C)c1C.Cc1noc(C)c1CBr. The van der Waals surface area contributed by atoms with Gasteiger partial charge in [0, 0.05) is 22.0 Å². The average molecular weight is 426 g/mol. The average Bonchev–Trinajstić information content (AvgIpc) is 3.22. The molecule has 0 saturated heterocycles. The Balaban J connectivity index is 0.000000195. The molecule has 6 nitrogen and oxygen atoms in total. The molecule has 0 aliphatic carbocycles. The van der Waals surface area contributed by atoms with Gasteiger partial charge < -0.3 is 13.6 Å². The molecule has 0 unspecified atom stereocenters. The van der Waals surface area contributed by atoms with E-state index in [1.54, 1.807) is 0 Å². The summed E-state index contributed by atoms with van der Waals surface area (Å²) in [6, 6.07) is 0. The summed E-state index contributed by atoms with van der Waals surface area (Å²) in [5.74, 6) is 2.78. The van der Waals surface area contributed by atoms with Crippen molar-refractivity contribution in [2.45, 2.75) is 67.1 Å². The maximum atomic E-state index is 4.94. The quantitative estimate of drug-likeness (QED) is 0.494. The Hall–Kier alpha value is -1.89. The number of hydrogen-bond acceptors (Lipinski definition) is 6. The topological polar surface area (TPSA) is 78.1 Å². The molecule has 0 aliphatic rings. The Kier molecular flexibility index (Phi) is 8.78. The predicted molar refractivity (Wildman–Crippen MR) is 105 cm³/mol. The Morgan fingerprint density at radius 3 is 1.23 bits per heavy atom. The van der Waals surface area contributed by atoms with Crippen molar-refractivity contribution in [1.82, 2.24) is 15.5 Å². The molecular formula is C19H28BrN3O3. The summed E-state index contributed by atoms with van der Waals surface area (Å²) in [7, 11) is 0. The van der Waals surface area contributed by atoms with Crippen molar-refractivity contribution in [1.29, 1.82) is 0 Å². The monoisotopic (exact) mass is 425 g/mol. The van der Waals surface area contributed by atoms with Crippen LogP contribution in [0.2, 0.25) is 0 Å². The summed E-state index contributed by atoms with van der Waals surface area (Å²) < 4.78 is 14.7. The maximum Gasteiger partial charge on any atom is 0.137 e. The van der Waals surface area contributed by atoms with Gasteiger partial charge in [0.1, 0.15) is 17.3 Å². The minimum absolute atomic E-state index is 0.828. The molecule has 0 aliphatic heterocycles. The number of hydrogen-bond donors (Lipinski definition) is 0. The van der Waals surface area contributed by atoms with Crippen LogP contribution in [-0.4, -0.2) is 15.5 Å². The van der Waals surface area contributed by atoms with Crippen molar-refractivity contribution in [2.24, 2.45) is 0 Å². The largest absolute Gasteiger partial charge is 0.361 e. The lowest BCUT2D eigenvalue weighted by Gasteiger charge is -1.88. The van der Waals surface area contributed by atoms with E-state index in [1.807, 2.05) is 48.5 Å². The third-order valence-corrected chi connectivity index (χ3v) is 4.80. The van der Waals surface area contributed by atoms with Gasteiger partial charge in [-0.25, -0.2) is 0 Å². The van der Waals surface area contributed by atoms with Crippen LogP contribution in [-0.2, 0) is 11.8 Å². The van der Waals surface area contributed by atoms with Crippen LogP contribution < -0.4 is 0 Å². The Morgan fingerprint density at radius 1 is 0.654 bits per heavy atom. The Bertz CT molecular complexity index is 713. The molecule has 0 aromatic carbocycles. The number of aryl methyl sites for hydroxylation is 6. The highest BCUT2D eigenvalue weighted by Gasteiger charge is 2.05. The first-order valence-corrected chi connectivity index (χ1v) is 9.63. The van der Waals surface area contributed by atoms with Crippen LogP contribution >= 0.6 is 15.9 Å². The van der Waals surface area contributed by atoms with Crippen molar-refractivity contribution < 1.29 is 13.6 Å². The van der Waals surface area contributed by atoms with Crippen molar-refractivity contribution in [2.75, 3.05) is 0 Å². The molecule has 26 heavy (non-hydrogen) atoms. The minimum atomic E-state index is 0.828. The maximum absolute atomic E-state index is 4.94. The molecular weight excluding hydrogens is 398 g/mol. The minimum Gasteiger partial charge on any atom is -0.361 e. The van der Waals surface area contributed by atoms with Crippen LogP contribution in [0.5, 0.6) is 0 Å². The van der Waals surface area contributed by atoms with Gasteiger partial charge in [0.15, 0.2) is 0 Å². The third-order valence-electron chi connectivity index (χ3n) is 4.24. The van der Waals surface area contributed by atoms with Crippen LogP contribution in [0.4, 0.5) is 0 Å². The van der Waals surface area contributed by atoms with Crippen LogP contribution in [0.1, 0.15) is 58.0 Å². The summed E-state index contributed by atoms with van der Waals surface area (Å²) in [4.78, 5) is 0. The lowest BCUT2D eigenvalue weighted by molar-refractivity contribution is 0.392. The third kappa shape index (κ3) is 5.83. The summed E-state index contributed by atoms with van der Waals surface area (Å²) >= 11 is 3.34. The second-order valence-electron chi connectivity index (χ2n) is 6.04. The first-order chi connectivity index (χ1) is 12.2. The second-order valence-corrected chi connectivity index (χ2v) is 6.60. The van der Waals surface area contributed by atoms with Crippen LogP contribution in [0.3, 0.4) is 0 Å². The standard InChI is InChI=1S/C7H11NO.C6H8BrNO.C6H9NO/c1-4-7-5(2)8-9-6(7)3;1-4-6(3-7)5(2)9-8-4;1-4-5(2)7-8-6(4)3/h4H2,1-3H3;3H2,1-2H3;1-3H3. The molecule has 3 aromatic heterocycles. The van der Waals surface area contributed by atoms with E-state index in [-0.39, 0.29) is 0 Å². The van der Waals surface area contributed by atoms with E-state index in [2.05, 4.69) is 38.3 Å². The van der Waals surface area contributed by atoms with Gasteiger partial charge in [0.05, 0.1) is 17.1 Å². The van der Waals surface area contributed by atoms with Gasteiger partial charge >= 0.3 is 0 Å². The summed E-state index contributed by atoms with van der Waals surface area (Å²) in [6.07, 6.45) is 1.02.